The minimum Gasteiger partial charge on any atom is -0.481 e. The SMILES string of the molecule is O=C(O)C1[C@H]2CN(C(=O)C[C@H]3CCCOC3)C[C@@H]12. The summed E-state index contributed by atoms with van der Waals surface area (Å²) in [7, 11) is 0. The van der Waals surface area contributed by atoms with Gasteiger partial charge in [-0.15, -0.1) is 0 Å². The summed E-state index contributed by atoms with van der Waals surface area (Å²) in [5.41, 5.74) is 0. The number of likely N-dealkylation sites (tertiary alicyclic amines) is 1. The first kappa shape index (κ1) is 12.0. The third-order valence-corrected chi connectivity index (χ3v) is 4.55. The van der Waals surface area contributed by atoms with Crippen LogP contribution >= 0.6 is 0 Å². The quantitative estimate of drug-likeness (QED) is 0.799. The van der Waals surface area contributed by atoms with Gasteiger partial charge in [-0.3, -0.25) is 9.59 Å². The van der Waals surface area contributed by atoms with Gasteiger partial charge in [0.2, 0.25) is 5.91 Å². The number of carboxylic acid groups (broad SMARTS) is 1. The van der Waals surface area contributed by atoms with Crippen LogP contribution in [0.2, 0.25) is 0 Å². The number of carbonyl (C=O) groups is 2. The Kier molecular flexibility index (Phi) is 3.01. The molecule has 0 spiro atoms. The molecule has 5 heteroatoms. The molecule has 18 heavy (non-hydrogen) atoms. The highest BCUT2D eigenvalue weighted by atomic mass is 16.5. The van der Waals surface area contributed by atoms with Gasteiger partial charge in [0.05, 0.1) is 5.92 Å². The van der Waals surface area contributed by atoms with E-state index in [4.69, 9.17) is 9.84 Å². The molecule has 1 unspecified atom stereocenters. The third kappa shape index (κ3) is 2.11. The molecular formula is C13H19NO4. The second-order valence-electron chi connectivity index (χ2n) is 5.78. The van der Waals surface area contributed by atoms with Crippen LogP contribution in [0.5, 0.6) is 0 Å². The topological polar surface area (TPSA) is 66.8 Å². The zero-order valence-corrected chi connectivity index (χ0v) is 10.4. The highest BCUT2D eigenvalue weighted by Gasteiger charge is 2.60. The van der Waals surface area contributed by atoms with Crippen molar-refractivity contribution in [1.82, 2.24) is 4.90 Å². The number of ether oxygens (including phenoxy) is 1. The van der Waals surface area contributed by atoms with Crippen LogP contribution < -0.4 is 0 Å². The molecular weight excluding hydrogens is 234 g/mol. The second kappa shape index (κ2) is 4.53. The minimum absolute atomic E-state index is 0.182. The standard InChI is InChI=1S/C13H19NO4/c15-11(4-8-2-1-3-18-7-8)14-5-9-10(6-14)12(9)13(16)17/h8-10,12H,1-7H2,(H,16,17)/t8-,9-,10+,12?/m1/s1. The molecule has 0 bridgehead atoms. The summed E-state index contributed by atoms with van der Waals surface area (Å²) in [6.07, 6.45) is 2.69. The van der Waals surface area contributed by atoms with Crippen LogP contribution in [0.25, 0.3) is 0 Å². The Hall–Kier alpha value is -1.10. The van der Waals surface area contributed by atoms with Crippen molar-refractivity contribution in [3.8, 4) is 0 Å². The first-order valence-corrected chi connectivity index (χ1v) is 6.75. The van der Waals surface area contributed by atoms with E-state index in [1.54, 1.807) is 0 Å². The monoisotopic (exact) mass is 253 g/mol. The van der Waals surface area contributed by atoms with Crippen molar-refractivity contribution in [1.29, 1.82) is 0 Å². The fraction of sp³-hybridized carbons (Fsp3) is 0.846. The number of hydrogen-bond acceptors (Lipinski definition) is 3. The summed E-state index contributed by atoms with van der Waals surface area (Å²) in [6, 6.07) is 0. The van der Waals surface area contributed by atoms with E-state index >= 15 is 0 Å². The molecule has 100 valence electrons. The van der Waals surface area contributed by atoms with Crippen LogP contribution in [-0.2, 0) is 14.3 Å². The van der Waals surface area contributed by atoms with Crippen molar-refractivity contribution < 1.29 is 19.4 Å². The van der Waals surface area contributed by atoms with Gasteiger partial charge < -0.3 is 14.7 Å². The number of carbonyl (C=O) groups excluding carboxylic acids is 1. The molecule has 2 saturated heterocycles. The number of piperidine rings is 1. The number of rotatable bonds is 3. The maximum Gasteiger partial charge on any atom is 0.307 e. The minimum atomic E-state index is -0.697. The number of fused-ring (bicyclic) bond motifs is 1. The number of carboxylic acids is 1. The van der Waals surface area contributed by atoms with E-state index < -0.39 is 5.97 Å². The van der Waals surface area contributed by atoms with Gasteiger partial charge in [-0.1, -0.05) is 0 Å². The smallest absolute Gasteiger partial charge is 0.307 e. The molecule has 0 aromatic carbocycles. The van der Waals surface area contributed by atoms with Crippen LogP contribution in [0.1, 0.15) is 19.3 Å². The summed E-state index contributed by atoms with van der Waals surface area (Å²) in [4.78, 5) is 24.8. The molecule has 0 aromatic rings. The average molecular weight is 253 g/mol. The highest BCUT2D eigenvalue weighted by molar-refractivity contribution is 5.79. The number of amides is 1. The molecule has 2 heterocycles. The average Bonchev–Trinajstić information content (AvgIpc) is 2.87. The number of nitrogens with zero attached hydrogens (tertiary/aromatic N) is 1. The molecule has 0 aromatic heterocycles. The van der Waals surface area contributed by atoms with Crippen LogP contribution in [0.4, 0.5) is 0 Å². The van der Waals surface area contributed by atoms with Gasteiger partial charge in [0.15, 0.2) is 0 Å². The molecule has 1 N–H and O–H groups in total. The lowest BCUT2D eigenvalue weighted by Crippen LogP contribution is -2.35. The van der Waals surface area contributed by atoms with Gasteiger partial charge in [0, 0.05) is 32.7 Å². The first-order chi connectivity index (χ1) is 8.66. The fourth-order valence-electron chi connectivity index (χ4n) is 3.44. The molecule has 0 radical (unpaired) electrons. The summed E-state index contributed by atoms with van der Waals surface area (Å²) in [5.74, 6) is 0.0910. The lowest BCUT2D eigenvalue weighted by molar-refractivity contribution is -0.141. The largest absolute Gasteiger partial charge is 0.481 e. The summed E-state index contributed by atoms with van der Waals surface area (Å²) in [5, 5.41) is 8.93. The van der Waals surface area contributed by atoms with Crippen LogP contribution in [-0.4, -0.2) is 48.2 Å². The van der Waals surface area contributed by atoms with E-state index in [1.165, 1.54) is 0 Å². The van der Waals surface area contributed by atoms with Crippen molar-refractivity contribution in [3.63, 3.8) is 0 Å². The zero-order valence-electron chi connectivity index (χ0n) is 10.4. The number of hydrogen-bond donors (Lipinski definition) is 1. The highest BCUT2D eigenvalue weighted by Crippen LogP contribution is 2.51. The lowest BCUT2D eigenvalue weighted by Gasteiger charge is -2.25. The van der Waals surface area contributed by atoms with E-state index in [0.717, 1.165) is 19.4 Å². The van der Waals surface area contributed by atoms with Gasteiger partial charge in [-0.25, -0.2) is 0 Å². The van der Waals surface area contributed by atoms with Crippen molar-refractivity contribution >= 4 is 11.9 Å². The molecule has 3 rings (SSSR count). The third-order valence-electron chi connectivity index (χ3n) is 4.55. The van der Waals surface area contributed by atoms with E-state index in [0.29, 0.717) is 32.0 Å². The Morgan fingerprint density at radius 1 is 1.28 bits per heavy atom. The molecule has 1 saturated carbocycles. The van der Waals surface area contributed by atoms with Gasteiger partial charge in [-0.2, -0.15) is 0 Å². The van der Waals surface area contributed by atoms with Crippen LogP contribution in [0.15, 0.2) is 0 Å². The molecule has 2 aliphatic heterocycles. The van der Waals surface area contributed by atoms with Crippen molar-refractivity contribution in [2.24, 2.45) is 23.7 Å². The Morgan fingerprint density at radius 3 is 2.56 bits per heavy atom. The molecule has 4 atom stereocenters. The van der Waals surface area contributed by atoms with Gasteiger partial charge in [0.1, 0.15) is 0 Å². The maximum atomic E-state index is 12.1. The Balaban J connectivity index is 1.46. The Bertz CT molecular complexity index is 352. The molecule has 1 amide bonds. The van der Waals surface area contributed by atoms with Crippen LogP contribution in [0.3, 0.4) is 0 Å². The molecule has 3 fully saturated rings. The predicted octanol–water partition coefficient (Wildman–Crippen LogP) is 0.592. The van der Waals surface area contributed by atoms with Crippen LogP contribution in [0, 0.1) is 23.7 Å². The molecule has 1 aliphatic carbocycles. The van der Waals surface area contributed by atoms with Gasteiger partial charge in [-0.05, 0) is 30.6 Å². The summed E-state index contributed by atoms with van der Waals surface area (Å²) < 4.78 is 5.38. The van der Waals surface area contributed by atoms with Crippen molar-refractivity contribution in [3.05, 3.63) is 0 Å². The van der Waals surface area contributed by atoms with Gasteiger partial charge in [0.25, 0.3) is 0 Å². The fourth-order valence-corrected chi connectivity index (χ4v) is 3.44. The lowest BCUT2D eigenvalue weighted by atomic mass is 9.98. The van der Waals surface area contributed by atoms with E-state index in [9.17, 15) is 9.59 Å². The zero-order chi connectivity index (χ0) is 12.7. The predicted molar refractivity (Wildman–Crippen MR) is 62.8 cm³/mol. The molecule has 5 nitrogen and oxygen atoms in total. The number of aliphatic carboxylic acids is 1. The Morgan fingerprint density at radius 2 is 2.00 bits per heavy atom. The van der Waals surface area contributed by atoms with Crippen molar-refractivity contribution in [2.75, 3.05) is 26.3 Å². The van der Waals surface area contributed by atoms with Crippen molar-refractivity contribution in [2.45, 2.75) is 19.3 Å². The normalized spacial score (nSPS) is 38.3. The Labute approximate surface area is 106 Å². The second-order valence-corrected chi connectivity index (χ2v) is 5.78. The summed E-state index contributed by atoms with van der Waals surface area (Å²) >= 11 is 0. The summed E-state index contributed by atoms with van der Waals surface area (Å²) in [6.45, 7) is 2.81. The molecule has 3 aliphatic rings. The van der Waals surface area contributed by atoms with E-state index in [-0.39, 0.29) is 23.7 Å². The van der Waals surface area contributed by atoms with E-state index in [2.05, 4.69) is 0 Å². The van der Waals surface area contributed by atoms with Gasteiger partial charge >= 0.3 is 5.97 Å². The maximum absolute atomic E-state index is 12.1. The first-order valence-electron chi connectivity index (χ1n) is 6.75. The van der Waals surface area contributed by atoms with E-state index in [1.807, 2.05) is 4.90 Å².